The predicted octanol–water partition coefficient (Wildman–Crippen LogP) is 2.24. The highest BCUT2D eigenvalue weighted by Crippen LogP contribution is 2.19. The van der Waals surface area contributed by atoms with E-state index in [9.17, 15) is 4.79 Å². The van der Waals surface area contributed by atoms with Crippen LogP contribution in [-0.4, -0.2) is 15.8 Å². The molecule has 86 valence electrons. The summed E-state index contributed by atoms with van der Waals surface area (Å²) < 4.78 is 0. The fraction of sp³-hybridized carbons (Fsp3) is 0.154. The van der Waals surface area contributed by atoms with Gasteiger partial charge >= 0.3 is 0 Å². The van der Waals surface area contributed by atoms with Crippen molar-refractivity contribution in [3.8, 4) is 11.3 Å². The molecule has 0 saturated carbocycles. The van der Waals surface area contributed by atoms with E-state index in [-0.39, 0.29) is 11.7 Å². The molecule has 1 heterocycles. The van der Waals surface area contributed by atoms with Gasteiger partial charge in [-0.1, -0.05) is 24.3 Å². The van der Waals surface area contributed by atoms with Crippen molar-refractivity contribution in [2.75, 3.05) is 5.73 Å². The van der Waals surface area contributed by atoms with E-state index in [1.165, 1.54) is 0 Å². The van der Waals surface area contributed by atoms with E-state index in [0.717, 1.165) is 17.0 Å². The zero-order valence-electron chi connectivity index (χ0n) is 9.77. The molecule has 0 aliphatic rings. The molecule has 4 heteroatoms. The molecule has 2 N–H and O–H groups in total. The molecule has 4 nitrogen and oxygen atoms in total. The first-order valence-electron chi connectivity index (χ1n) is 5.29. The Morgan fingerprint density at radius 3 is 2.35 bits per heavy atom. The minimum atomic E-state index is 0.0509. The second kappa shape index (κ2) is 4.33. The van der Waals surface area contributed by atoms with Crippen LogP contribution in [0.4, 0.5) is 5.95 Å². The van der Waals surface area contributed by atoms with E-state index in [0.29, 0.717) is 5.56 Å². The van der Waals surface area contributed by atoms with Crippen LogP contribution in [-0.2, 0) is 0 Å². The molecule has 0 unspecified atom stereocenters. The maximum atomic E-state index is 11.2. The van der Waals surface area contributed by atoms with Gasteiger partial charge in [-0.2, -0.15) is 0 Å². The largest absolute Gasteiger partial charge is 0.368 e. The number of hydrogen-bond acceptors (Lipinski definition) is 4. The van der Waals surface area contributed by atoms with Gasteiger partial charge in [0, 0.05) is 16.8 Å². The first kappa shape index (κ1) is 11.3. The number of nitrogens with two attached hydrogens (primary N) is 1. The van der Waals surface area contributed by atoms with Crippen LogP contribution >= 0.6 is 0 Å². The normalized spacial score (nSPS) is 10.2. The lowest BCUT2D eigenvalue weighted by Crippen LogP contribution is -1.98. The number of ketones is 1. The summed E-state index contributed by atoms with van der Waals surface area (Å²) in [5.74, 6) is 0.311. The van der Waals surface area contributed by atoms with Crippen molar-refractivity contribution in [1.82, 2.24) is 9.97 Å². The van der Waals surface area contributed by atoms with Crippen molar-refractivity contribution in [3.63, 3.8) is 0 Å². The minimum absolute atomic E-state index is 0.0509. The number of nitrogen functional groups attached to an aromatic ring is 1. The number of aryl methyl sites for hydroxylation is 1. The minimum Gasteiger partial charge on any atom is -0.368 e. The Bertz CT molecular complexity index is 541. The summed E-state index contributed by atoms with van der Waals surface area (Å²) in [6.07, 6.45) is 0. The molecule has 0 spiro atoms. The zero-order valence-corrected chi connectivity index (χ0v) is 9.77. The highest BCUT2D eigenvalue weighted by molar-refractivity contribution is 5.94. The van der Waals surface area contributed by atoms with Crippen LogP contribution in [0.15, 0.2) is 30.3 Å². The first-order chi connectivity index (χ1) is 8.06. The average molecular weight is 227 g/mol. The molecule has 0 amide bonds. The van der Waals surface area contributed by atoms with Gasteiger partial charge in [-0.3, -0.25) is 4.79 Å². The number of anilines is 1. The maximum Gasteiger partial charge on any atom is 0.220 e. The molecule has 17 heavy (non-hydrogen) atoms. The molecule has 1 aromatic heterocycles. The molecule has 0 radical (unpaired) electrons. The second-order valence-electron chi connectivity index (χ2n) is 3.89. The van der Waals surface area contributed by atoms with Gasteiger partial charge in [0.05, 0.1) is 5.69 Å². The van der Waals surface area contributed by atoms with Crippen molar-refractivity contribution in [2.24, 2.45) is 0 Å². The molecule has 0 aliphatic carbocycles. The molecule has 1 aromatic carbocycles. The Morgan fingerprint density at radius 2 is 1.82 bits per heavy atom. The van der Waals surface area contributed by atoms with Crippen LogP contribution in [0.2, 0.25) is 0 Å². The van der Waals surface area contributed by atoms with Crippen molar-refractivity contribution in [2.45, 2.75) is 13.8 Å². The van der Waals surface area contributed by atoms with Gasteiger partial charge in [-0.05, 0) is 19.9 Å². The Labute approximate surface area is 99.5 Å². The van der Waals surface area contributed by atoms with E-state index >= 15 is 0 Å². The van der Waals surface area contributed by atoms with Gasteiger partial charge in [0.2, 0.25) is 5.95 Å². The highest BCUT2D eigenvalue weighted by Gasteiger charge is 2.04. The van der Waals surface area contributed by atoms with Crippen molar-refractivity contribution < 1.29 is 4.79 Å². The van der Waals surface area contributed by atoms with E-state index in [1.807, 2.05) is 25.1 Å². The van der Waals surface area contributed by atoms with E-state index < -0.39 is 0 Å². The van der Waals surface area contributed by atoms with E-state index in [1.54, 1.807) is 19.1 Å². The number of nitrogens with zero attached hydrogens (tertiary/aromatic N) is 2. The van der Waals surface area contributed by atoms with Crippen LogP contribution in [0.25, 0.3) is 11.3 Å². The Balaban J connectivity index is 2.43. The number of carbonyl (C=O) groups is 1. The number of hydrogen-bond donors (Lipinski definition) is 1. The van der Waals surface area contributed by atoms with Crippen LogP contribution in [0.1, 0.15) is 23.0 Å². The van der Waals surface area contributed by atoms with Crippen molar-refractivity contribution in [1.29, 1.82) is 0 Å². The lowest BCUT2D eigenvalue weighted by molar-refractivity contribution is 0.101. The predicted molar refractivity (Wildman–Crippen MR) is 66.6 cm³/mol. The average Bonchev–Trinajstić information content (AvgIpc) is 2.28. The Kier molecular flexibility index (Phi) is 2.87. The Hall–Kier alpha value is -2.23. The van der Waals surface area contributed by atoms with Gasteiger partial charge in [0.15, 0.2) is 5.78 Å². The van der Waals surface area contributed by atoms with Gasteiger partial charge in [-0.15, -0.1) is 0 Å². The van der Waals surface area contributed by atoms with Crippen LogP contribution in [0.3, 0.4) is 0 Å². The summed E-state index contributed by atoms with van der Waals surface area (Å²) >= 11 is 0. The molecule has 0 atom stereocenters. The fourth-order valence-corrected chi connectivity index (χ4v) is 1.62. The summed E-state index contributed by atoms with van der Waals surface area (Å²) in [5.41, 5.74) is 8.80. The quantitative estimate of drug-likeness (QED) is 0.799. The van der Waals surface area contributed by atoms with Crippen molar-refractivity contribution >= 4 is 11.7 Å². The lowest BCUT2D eigenvalue weighted by atomic mass is 10.1. The first-order valence-corrected chi connectivity index (χ1v) is 5.29. The van der Waals surface area contributed by atoms with Crippen LogP contribution in [0, 0.1) is 6.92 Å². The van der Waals surface area contributed by atoms with Gasteiger partial charge in [0.1, 0.15) is 0 Å². The molecule has 0 aliphatic heterocycles. The fourth-order valence-electron chi connectivity index (χ4n) is 1.62. The molecule has 0 fully saturated rings. The summed E-state index contributed by atoms with van der Waals surface area (Å²) in [7, 11) is 0. The summed E-state index contributed by atoms with van der Waals surface area (Å²) in [5, 5.41) is 0. The van der Waals surface area contributed by atoms with Gasteiger partial charge < -0.3 is 5.73 Å². The molecule has 2 aromatic rings. The SMILES string of the molecule is CC(=O)c1ccc(-c2cc(C)nc(N)n2)cc1. The van der Waals surface area contributed by atoms with Gasteiger partial charge in [0.25, 0.3) is 0 Å². The molecule has 0 bridgehead atoms. The monoisotopic (exact) mass is 227 g/mol. The number of carbonyl (C=O) groups excluding carboxylic acids is 1. The van der Waals surface area contributed by atoms with Crippen LogP contribution in [0.5, 0.6) is 0 Å². The summed E-state index contributed by atoms with van der Waals surface area (Å²) in [6, 6.07) is 9.14. The third kappa shape index (κ3) is 2.47. The standard InChI is InChI=1S/C13H13N3O/c1-8-7-12(16-13(14)15-8)11-5-3-10(4-6-11)9(2)17/h3-7H,1-2H3,(H2,14,15,16). The number of benzene rings is 1. The zero-order chi connectivity index (χ0) is 12.4. The van der Waals surface area contributed by atoms with E-state index in [2.05, 4.69) is 9.97 Å². The van der Waals surface area contributed by atoms with Crippen LogP contribution < -0.4 is 5.73 Å². The molecular weight excluding hydrogens is 214 g/mol. The molecule has 2 rings (SSSR count). The molecular formula is C13H13N3O. The second-order valence-corrected chi connectivity index (χ2v) is 3.89. The Morgan fingerprint density at radius 1 is 1.18 bits per heavy atom. The maximum absolute atomic E-state index is 11.2. The summed E-state index contributed by atoms with van der Waals surface area (Å²) in [6.45, 7) is 3.41. The number of rotatable bonds is 2. The lowest BCUT2D eigenvalue weighted by Gasteiger charge is -2.04. The van der Waals surface area contributed by atoms with Gasteiger partial charge in [-0.25, -0.2) is 9.97 Å². The molecule has 0 saturated heterocycles. The third-order valence-corrected chi connectivity index (χ3v) is 2.46. The third-order valence-electron chi connectivity index (χ3n) is 2.46. The summed E-state index contributed by atoms with van der Waals surface area (Å²) in [4.78, 5) is 19.3. The topological polar surface area (TPSA) is 68.9 Å². The highest BCUT2D eigenvalue weighted by atomic mass is 16.1. The number of aromatic nitrogens is 2. The van der Waals surface area contributed by atoms with E-state index in [4.69, 9.17) is 5.73 Å². The number of Topliss-reactive ketones (excluding diaryl/α,β-unsaturated/α-hetero) is 1. The van der Waals surface area contributed by atoms with Crippen molar-refractivity contribution in [3.05, 3.63) is 41.6 Å². The smallest absolute Gasteiger partial charge is 0.220 e.